The van der Waals surface area contributed by atoms with Crippen molar-refractivity contribution >= 4 is 11.6 Å². The molecule has 0 aliphatic carbocycles. The van der Waals surface area contributed by atoms with Gasteiger partial charge in [0.2, 0.25) is 0 Å². The van der Waals surface area contributed by atoms with Gasteiger partial charge in [0, 0.05) is 75.3 Å². The molecule has 148 valence electrons. The monoisotopic (exact) mass is 379 g/mol. The Bertz CT molecular complexity index is 789. The van der Waals surface area contributed by atoms with Crippen LogP contribution >= 0.6 is 0 Å². The van der Waals surface area contributed by atoms with E-state index in [0.717, 1.165) is 57.8 Å². The van der Waals surface area contributed by atoms with E-state index in [1.807, 2.05) is 30.2 Å². The number of carbonyl (C=O) groups excluding carboxylic acids is 1. The second-order valence-corrected chi connectivity index (χ2v) is 7.80. The van der Waals surface area contributed by atoms with Crippen molar-refractivity contribution in [3.63, 3.8) is 0 Å². The summed E-state index contributed by atoms with van der Waals surface area (Å²) in [7, 11) is 0. The Morgan fingerprint density at radius 2 is 1.89 bits per heavy atom. The number of pyridine rings is 2. The zero-order chi connectivity index (χ0) is 19.3. The molecule has 6 heteroatoms. The molecule has 2 aliphatic heterocycles. The van der Waals surface area contributed by atoms with Gasteiger partial charge in [-0.05, 0) is 50.5 Å². The number of piperidine rings is 1. The number of aromatic nitrogens is 2. The largest absolute Gasteiger partial charge is 0.370 e. The van der Waals surface area contributed by atoms with Crippen LogP contribution in [-0.2, 0) is 0 Å². The fourth-order valence-corrected chi connectivity index (χ4v) is 4.39. The number of rotatable bonds is 3. The molecule has 4 heterocycles. The molecule has 0 atom stereocenters. The van der Waals surface area contributed by atoms with Crippen LogP contribution in [0, 0.1) is 6.92 Å². The van der Waals surface area contributed by atoms with E-state index >= 15 is 0 Å². The Morgan fingerprint density at radius 1 is 1.04 bits per heavy atom. The number of likely N-dealkylation sites (tertiary alicyclic amines) is 1. The predicted octanol–water partition coefficient (Wildman–Crippen LogP) is 2.60. The number of hydrogen-bond donors (Lipinski definition) is 0. The lowest BCUT2D eigenvalue weighted by atomic mass is 10.0. The van der Waals surface area contributed by atoms with Crippen molar-refractivity contribution in [1.82, 2.24) is 19.8 Å². The van der Waals surface area contributed by atoms with Crippen LogP contribution in [0.25, 0.3) is 0 Å². The molecule has 0 bridgehead atoms. The normalized spacial score (nSPS) is 19.5. The fraction of sp³-hybridized carbons (Fsp3) is 0.500. The van der Waals surface area contributed by atoms with Gasteiger partial charge in [-0.1, -0.05) is 0 Å². The van der Waals surface area contributed by atoms with Crippen LogP contribution in [0.5, 0.6) is 0 Å². The molecule has 0 N–H and O–H groups in total. The summed E-state index contributed by atoms with van der Waals surface area (Å²) in [5.74, 6) is 0.113. The summed E-state index contributed by atoms with van der Waals surface area (Å²) in [6.07, 6.45) is 8.57. The summed E-state index contributed by atoms with van der Waals surface area (Å²) in [6.45, 7) is 8.10. The summed E-state index contributed by atoms with van der Waals surface area (Å²) >= 11 is 0. The molecule has 0 spiro atoms. The highest BCUT2D eigenvalue weighted by molar-refractivity contribution is 5.93. The van der Waals surface area contributed by atoms with Crippen LogP contribution in [0.2, 0.25) is 0 Å². The maximum atomic E-state index is 12.6. The van der Waals surface area contributed by atoms with Gasteiger partial charge in [0.15, 0.2) is 0 Å². The lowest BCUT2D eigenvalue weighted by molar-refractivity contribution is 0.0626. The van der Waals surface area contributed by atoms with Crippen LogP contribution in [-0.4, -0.2) is 71.0 Å². The lowest BCUT2D eigenvalue weighted by Gasteiger charge is -2.38. The Morgan fingerprint density at radius 3 is 2.64 bits per heavy atom. The van der Waals surface area contributed by atoms with Crippen LogP contribution in [0.1, 0.15) is 35.3 Å². The molecule has 2 aromatic heterocycles. The minimum absolute atomic E-state index is 0.113. The number of carbonyl (C=O) groups is 1. The molecule has 0 radical (unpaired) electrons. The summed E-state index contributed by atoms with van der Waals surface area (Å²) in [5, 5.41) is 0. The highest BCUT2D eigenvalue weighted by Gasteiger charge is 2.28. The third-order valence-corrected chi connectivity index (χ3v) is 5.95. The summed E-state index contributed by atoms with van der Waals surface area (Å²) in [4.78, 5) is 28.1. The molecular weight excluding hydrogens is 350 g/mol. The van der Waals surface area contributed by atoms with Crippen LogP contribution < -0.4 is 4.90 Å². The molecule has 0 unspecified atom stereocenters. The van der Waals surface area contributed by atoms with E-state index in [9.17, 15) is 4.79 Å². The van der Waals surface area contributed by atoms with E-state index in [1.165, 1.54) is 12.1 Å². The SMILES string of the molecule is Cc1cc(N2CCCN(C3CCN(C(=O)c4cccnc4)CC3)CC2)ccn1. The Kier molecular flexibility index (Phi) is 5.86. The minimum atomic E-state index is 0.113. The molecule has 0 aromatic carbocycles. The Labute approximate surface area is 167 Å². The van der Waals surface area contributed by atoms with E-state index in [2.05, 4.69) is 31.9 Å². The first-order valence-electron chi connectivity index (χ1n) is 10.3. The van der Waals surface area contributed by atoms with Gasteiger partial charge >= 0.3 is 0 Å². The van der Waals surface area contributed by atoms with Crippen LogP contribution in [0.3, 0.4) is 0 Å². The van der Waals surface area contributed by atoms with Crippen molar-refractivity contribution in [2.45, 2.75) is 32.2 Å². The highest BCUT2D eigenvalue weighted by atomic mass is 16.2. The second kappa shape index (κ2) is 8.69. The predicted molar refractivity (Wildman–Crippen MR) is 111 cm³/mol. The topological polar surface area (TPSA) is 52.6 Å². The van der Waals surface area contributed by atoms with Crippen molar-refractivity contribution in [3.05, 3.63) is 54.1 Å². The molecule has 1 amide bonds. The van der Waals surface area contributed by atoms with E-state index < -0.39 is 0 Å². The number of anilines is 1. The van der Waals surface area contributed by atoms with Gasteiger partial charge in [-0.3, -0.25) is 19.7 Å². The maximum absolute atomic E-state index is 12.6. The van der Waals surface area contributed by atoms with Crippen LogP contribution in [0.15, 0.2) is 42.9 Å². The first kappa shape index (κ1) is 18.9. The smallest absolute Gasteiger partial charge is 0.255 e. The molecule has 2 saturated heterocycles. The molecule has 0 saturated carbocycles. The Balaban J connectivity index is 1.31. The maximum Gasteiger partial charge on any atom is 0.255 e. The quantitative estimate of drug-likeness (QED) is 0.821. The van der Waals surface area contributed by atoms with Crippen LogP contribution in [0.4, 0.5) is 5.69 Å². The highest BCUT2D eigenvalue weighted by Crippen LogP contribution is 2.22. The van der Waals surface area contributed by atoms with Crippen molar-refractivity contribution in [2.75, 3.05) is 44.2 Å². The summed E-state index contributed by atoms with van der Waals surface area (Å²) in [5.41, 5.74) is 3.05. The standard InChI is InChI=1S/C22H29N5O/c1-18-16-21(5-9-24-18)26-11-3-10-25(14-15-26)20-6-12-27(13-7-20)22(28)19-4-2-8-23-17-19/h2,4-5,8-9,16-17,20H,3,6-7,10-15H2,1H3. The third-order valence-electron chi connectivity index (χ3n) is 5.95. The van der Waals surface area contributed by atoms with Gasteiger partial charge in [0.1, 0.15) is 0 Å². The van der Waals surface area contributed by atoms with Gasteiger partial charge in [-0.2, -0.15) is 0 Å². The molecule has 28 heavy (non-hydrogen) atoms. The lowest BCUT2D eigenvalue weighted by Crippen LogP contribution is -2.47. The van der Waals surface area contributed by atoms with Gasteiger partial charge in [0.05, 0.1) is 5.56 Å². The summed E-state index contributed by atoms with van der Waals surface area (Å²) < 4.78 is 0. The average molecular weight is 380 g/mol. The van der Waals surface area contributed by atoms with E-state index in [0.29, 0.717) is 11.6 Å². The third kappa shape index (κ3) is 4.33. The molecular formula is C22H29N5O. The number of hydrogen-bond acceptors (Lipinski definition) is 5. The van der Waals surface area contributed by atoms with Crippen molar-refractivity contribution < 1.29 is 4.79 Å². The molecule has 2 aliphatic rings. The van der Waals surface area contributed by atoms with E-state index in [1.54, 1.807) is 12.4 Å². The zero-order valence-corrected chi connectivity index (χ0v) is 16.6. The number of nitrogens with zero attached hydrogens (tertiary/aromatic N) is 5. The number of amides is 1. The average Bonchev–Trinajstić information content (AvgIpc) is 3.00. The van der Waals surface area contributed by atoms with Gasteiger partial charge in [-0.25, -0.2) is 0 Å². The van der Waals surface area contributed by atoms with Crippen molar-refractivity contribution in [1.29, 1.82) is 0 Å². The fourth-order valence-electron chi connectivity index (χ4n) is 4.39. The Hall–Kier alpha value is -2.47. The van der Waals surface area contributed by atoms with Crippen molar-refractivity contribution in [3.8, 4) is 0 Å². The number of aryl methyl sites for hydroxylation is 1. The molecule has 6 nitrogen and oxygen atoms in total. The van der Waals surface area contributed by atoms with E-state index in [-0.39, 0.29) is 5.91 Å². The summed E-state index contributed by atoms with van der Waals surface area (Å²) in [6, 6.07) is 8.56. The molecule has 4 rings (SSSR count). The molecule has 2 fully saturated rings. The van der Waals surface area contributed by atoms with Crippen molar-refractivity contribution in [2.24, 2.45) is 0 Å². The first-order chi connectivity index (χ1) is 13.7. The zero-order valence-electron chi connectivity index (χ0n) is 16.6. The van der Waals surface area contributed by atoms with Gasteiger partial charge in [0.25, 0.3) is 5.91 Å². The first-order valence-corrected chi connectivity index (χ1v) is 10.3. The molecule has 2 aromatic rings. The van der Waals surface area contributed by atoms with E-state index in [4.69, 9.17) is 0 Å². The van der Waals surface area contributed by atoms with Gasteiger partial charge < -0.3 is 9.80 Å². The minimum Gasteiger partial charge on any atom is -0.370 e. The van der Waals surface area contributed by atoms with Gasteiger partial charge in [-0.15, -0.1) is 0 Å². The second-order valence-electron chi connectivity index (χ2n) is 7.80.